The Kier molecular flexibility index (Phi) is 8.22. The van der Waals surface area contributed by atoms with E-state index in [4.69, 9.17) is 39.2 Å². The first-order valence-electron chi connectivity index (χ1n) is 11.9. The minimum Gasteiger partial charge on any atom is -0.457 e. The molecule has 1 aromatic heterocycles. The molecule has 0 atom stereocenters. The van der Waals surface area contributed by atoms with Gasteiger partial charge in [-0.2, -0.15) is 0 Å². The molecule has 9 heteroatoms. The van der Waals surface area contributed by atoms with E-state index in [1.165, 1.54) is 6.08 Å². The van der Waals surface area contributed by atoms with Crippen LogP contribution in [0.15, 0.2) is 59.0 Å². The van der Waals surface area contributed by atoms with Crippen molar-refractivity contribution in [3.8, 4) is 11.3 Å². The van der Waals surface area contributed by atoms with Crippen LogP contribution < -0.4 is 10.2 Å². The number of anilines is 2. The Morgan fingerprint density at radius 3 is 2.30 bits per heavy atom. The number of carbonyl (C=O) groups is 2. The summed E-state index contributed by atoms with van der Waals surface area (Å²) in [6, 6.07) is 14.1. The van der Waals surface area contributed by atoms with Crippen molar-refractivity contribution in [1.82, 2.24) is 4.90 Å². The van der Waals surface area contributed by atoms with Crippen molar-refractivity contribution >= 4 is 64.1 Å². The average Bonchev–Trinajstić information content (AvgIpc) is 3.31. The molecule has 194 valence electrons. The molecule has 2 aromatic carbocycles. The standard InChI is InChI=1S/C28H28Cl3N3O3/c1-28(2,3)27(36)34-14-12-33(13-15-34)24-9-5-19(17-23(24)31)32-26(35)11-7-20-6-10-25(37-20)21-8-4-18(29)16-22(21)30/h4-11,16-17H,12-15H2,1-3H3,(H,32,35)/b11-7+. The number of hydrogen-bond donors (Lipinski definition) is 1. The van der Waals surface area contributed by atoms with Gasteiger partial charge in [0, 0.05) is 53.9 Å². The molecule has 37 heavy (non-hydrogen) atoms. The van der Waals surface area contributed by atoms with Gasteiger partial charge in [0.2, 0.25) is 11.8 Å². The van der Waals surface area contributed by atoms with E-state index in [1.807, 2.05) is 37.8 Å². The lowest BCUT2D eigenvalue weighted by molar-refractivity contribution is -0.139. The van der Waals surface area contributed by atoms with Crippen LogP contribution in [-0.2, 0) is 9.59 Å². The van der Waals surface area contributed by atoms with Crippen LogP contribution in [0.4, 0.5) is 11.4 Å². The quantitative estimate of drug-likeness (QED) is 0.334. The SMILES string of the molecule is CC(C)(C)C(=O)N1CCN(c2ccc(NC(=O)/C=C/c3ccc(-c4ccc(Cl)cc4Cl)o3)cc2Cl)CC1. The zero-order valence-corrected chi connectivity index (χ0v) is 23.1. The molecule has 3 aromatic rings. The summed E-state index contributed by atoms with van der Waals surface area (Å²) < 4.78 is 5.79. The van der Waals surface area contributed by atoms with Crippen molar-refractivity contribution < 1.29 is 14.0 Å². The highest BCUT2D eigenvalue weighted by Gasteiger charge is 2.30. The van der Waals surface area contributed by atoms with Gasteiger partial charge in [-0.05, 0) is 54.6 Å². The number of nitrogens with zero attached hydrogens (tertiary/aromatic N) is 2. The summed E-state index contributed by atoms with van der Waals surface area (Å²) in [5, 5.41) is 4.38. The number of piperazine rings is 1. The zero-order chi connectivity index (χ0) is 26.7. The number of carbonyl (C=O) groups excluding carboxylic acids is 2. The molecule has 1 saturated heterocycles. The van der Waals surface area contributed by atoms with Gasteiger partial charge < -0.3 is 19.5 Å². The first kappa shape index (κ1) is 27.1. The number of furan rings is 1. The van der Waals surface area contributed by atoms with Crippen molar-refractivity contribution in [3.63, 3.8) is 0 Å². The van der Waals surface area contributed by atoms with Gasteiger partial charge in [0.05, 0.1) is 15.7 Å². The van der Waals surface area contributed by atoms with E-state index in [-0.39, 0.29) is 11.8 Å². The van der Waals surface area contributed by atoms with Crippen molar-refractivity contribution in [1.29, 1.82) is 0 Å². The largest absolute Gasteiger partial charge is 0.457 e. The maximum absolute atomic E-state index is 12.5. The van der Waals surface area contributed by atoms with Gasteiger partial charge in [0.15, 0.2) is 0 Å². The Hall–Kier alpha value is -2.93. The molecule has 0 unspecified atom stereocenters. The van der Waals surface area contributed by atoms with Crippen LogP contribution in [-0.4, -0.2) is 42.9 Å². The monoisotopic (exact) mass is 559 g/mol. The molecule has 1 aliphatic rings. The molecular weight excluding hydrogens is 533 g/mol. The lowest BCUT2D eigenvalue weighted by atomic mass is 9.94. The highest BCUT2D eigenvalue weighted by molar-refractivity contribution is 6.36. The van der Waals surface area contributed by atoms with E-state index in [9.17, 15) is 9.59 Å². The molecule has 0 radical (unpaired) electrons. The second-order valence-corrected chi connectivity index (χ2v) is 11.1. The van der Waals surface area contributed by atoms with Gasteiger partial charge >= 0.3 is 0 Å². The van der Waals surface area contributed by atoms with Gasteiger partial charge in [-0.25, -0.2) is 0 Å². The van der Waals surface area contributed by atoms with Crippen LogP contribution in [0.5, 0.6) is 0 Å². The topological polar surface area (TPSA) is 65.8 Å². The van der Waals surface area contributed by atoms with Gasteiger partial charge in [0.1, 0.15) is 11.5 Å². The van der Waals surface area contributed by atoms with E-state index in [0.717, 1.165) is 5.69 Å². The minimum atomic E-state index is -0.391. The van der Waals surface area contributed by atoms with E-state index in [0.29, 0.717) is 64.0 Å². The molecule has 0 bridgehead atoms. The maximum atomic E-state index is 12.5. The van der Waals surface area contributed by atoms with Gasteiger partial charge in [-0.3, -0.25) is 9.59 Å². The van der Waals surface area contributed by atoms with E-state index < -0.39 is 5.41 Å². The molecule has 0 saturated carbocycles. The third-order valence-corrected chi connectivity index (χ3v) is 6.84. The Bertz CT molecular complexity index is 1340. The first-order chi connectivity index (χ1) is 17.5. The van der Waals surface area contributed by atoms with Crippen molar-refractivity contribution in [3.05, 3.63) is 75.4 Å². The molecular formula is C28H28Cl3N3O3. The molecule has 0 aliphatic carbocycles. The summed E-state index contributed by atoms with van der Waals surface area (Å²) in [5.41, 5.74) is 1.78. The van der Waals surface area contributed by atoms with Crippen LogP contribution in [0, 0.1) is 5.41 Å². The lowest BCUT2D eigenvalue weighted by Crippen LogP contribution is -2.51. The van der Waals surface area contributed by atoms with Crippen LogP contribution in [0.3, 0.4) is 0 Å². The molecule has 1 aliphatic heterocycles. The Balaban J connectivity index is 1.34. The number of benzene rings is 2. The molecule has 2 heterocycles. The number of rotatable bonds is 5. The third-order valence-electron chi connectivity index (χ3n) is 5.99. The van der Waals surface area contributed by atoms with Crippen LogP contribution in [0.1, 0.15) is 26.5 Å². The molecule has 1 fully saturated rings. The highest BCUT2D eigenvalue weighted by atomic mass is 35.5. The fourth-order valence-corrected chi connectivity index (χ4v) is 4.89. The highest BCUT2D eigenvalue weighted by Crippen LogP contribution is 2.32. The summed E-state index contributed by atoms with van der Waals surface area (Å²) in [6.45, 7) is 8.49. The van der Waals surface area contributed by atoms with Crippen molar-refractivity contribution in [2.75, 3.05) is 36.4 Å². The number of amides is 2. The van der Waals surface area contributed by atoms with E-state index in [1.54, 1.807) is 42.5 Å². The molecule has 1 N–H and O–H groups in total. The predicted molar refractivity (Wildman–Crippen MR) is 152 cm³/mol. The molecule has 2 amide bonds. The number of halogens is 3. The summed E-state index contributed by atoms with van der Waals surface area (Å²) in [6.07, 6.45) is 2.97. The number of nitrogens with one attached hydrogen (secondary N) is 1. The summed E-state index contributed by atoms with van der Waals surface area (Å²) in [5.74, 6) is 0.922. The van der Waals surface area contributed by atoms with Crippen LogP contribution >= 0.6 is 34.8 Å². The van der Waals surface area contributed by atoms with Crippen LogP contribution in [0.2, 0.25) is 15.1 Å². The second kappa shape index (κ2) is 11.2. The third kappa shape index (κ3) is 6.69. The van der Waals surface area contributed by atoms with E-state index in [2.05, 4.69) is 10.2 Å². The Labute approximate surface area is 231 Å². The smallest absolute Gasteiger partial charge is 0.248 e. The molecule has 0 spiro atoms. The summed E-state index contributed by atoms with van der Waals surface area (Å²) in [4.78, 5) is 29.1. The van der Waals surface area contributed by atoms with Crippen LogP contribution in [0.25, 0.3) is 17.4 Å². The summed E-state index contributed by atoms with van der Waals surface area (Å²) in [7, 11) is 0. The average molecular weight is 561 g/mol. The van der Waals surface area contributed by atoms with Gasteiger partial charge in [0.25, 0.3) is 0 Å². The van der Waals surface area contributed by atoms with E-state index >= 15 is 0 Å². The van der Waals surface area contributed by atoms with Crippen molar-refractivity contribution in [2.45, 2.75) is 20.8 Å². The van der Waals surface area contributed by atoms with Gasteiger partial charge in [-0.1, -0.05) is 55.6 Å². The molecule has 4 rings (SSSR count). The normalized spacial score (nSPS) is 14.3. The van der Waals surface area contributed by atoms with Gasteiger partial charge in [-0.15, -0.1) is 0 Å². The predicted octanol–water partition coefficient (Wildman–Crippen LogP) is 7.25. The lowest BCUT2D eigenvalue weighted by Gasteiger charge is -2.39. The minimum absolute atomic E-state index is 0.156. The molecule has 6 nitrogen and oxygen atoms in total. The summed E-state index contributed by atoms with van der Waals surface area (Å²) >= 11 is 18.7. The zero-order valence-electron chi connectivity index (χ0n) is 20.9. The second-order valence-electron chi connectivity index (χ2n) is 9.84. The first-order valence-corrected chi connectivity index (χ1v) is 13.0. The Morgan fingerprint density at radius 1 is 0.919 bits per heavy atom. The van der Waals surface area contributed by atoms with Crippen molar-refractivity contribution in [2.24, 2.45) is 5.41 Å². The maximum Gasteiger partial charge on any atom is 0.248 e. The fourth-order valence-electron chi connectivity index (χ4n) is 4.08. The fraction of sp³-hybridized carbons (Fsp3) is 0.286. The number of hydrogen-bond acceptors (Lipinski definition) is 4. The Morgan fingerprint density at radius 2 is 1.65 bits per heavy atom.